The van der Waals surface area contributed by atoms with Crippen LogP contribution >= 0.6 is 0 Å². The quantitative estimate of drug-likeness (QED) is 0.0360. The largest absolute Gasteiger partial charge is 0.520 e. The molecule has 0 aliphatic carbocycles. The van der Waals surface area contributed by atoms with E-state index in [1.54, 1.807) is 27.2 Å². The SMILES string of the molecule is Cc1ccc(CCCC(=O)NCCCCCNC(=O)CCOCCOCCOCCOCCOCCOCCOCCOCCNC(=O)C(CCCCNC(=O)OC(C)(C)C)N[C-]=O)cc1.[Fm]. The number of ether oxygens (including phenoxy) is 9. The van der Waals surface area contributed by atoms with Crippen molar-refractivity contribution in [2.45, 2.75) is 104 Å². The Hall–Kier alpha value is -4.95. The predicted molar refractivity (Wildman–Crippen MR) is 249 cm³/mol. The molecular weight excluding hydrogens is 1120 g/mol. The van der Waals surface area contributed by atoms with E-state index in [1.807, 2.05) is 0 Å². The second kappa shape index (κ2) is 43.6. The summed E-state index contributed by atoms with van der Waals surface area (Å²) >= 11 is 0. The third-order valence-electron chi connectivity index (χ3n) is 9.25. The maximum Gasteiger partial charge on any atom is 0.407 e. The van der Waals surface area contributed by atoms with Gasteiger partial charge in [0.2, 0.25) is 17.7 Å². The maximum absolute atomic E-state index is 12.4. The first-order chi connectivity index (χ1) is 32.0. The standard InChI is InChI=1S/C47H82N5O14.Fm/c1-40-14-16-41(17-15-40)11-10-13-43(54)48-19-7-5-8-20-49-44(55)18-23-58-25-27-60-29-31-62-33-35-64-37-38-65-36-34-63-32-30-61-28-26-59-24-22-50-45(56)42(52-39-53)12-6-9-21-51-46(57)66-47(2,3)4;/h14-17,42H,5-13,18-38H2,1-4H3,(H,48,54)(H,49,55)(H,50,56)(H,51,57)(H,52,53);/q-1;. The molecule has 0 aliphatic heterocycles. The summed E-state index contributed by atoms with van der Waals surface area (Å²) in [6, 6.07) is 7.71. The first kappa shape index (κ1) is 62.1. The number of hydrogen-bond acceptors (Lipinski definition) is 14. The number of carbonyl (C=O) groups excluding carboxylic acids is 5. The van der Waals surface area contributed by atoms with Crippen LogP contribution in [-0.2, 0) is 68.2 Å². The Morgan fingerprint density at radius 3 is 1.43 bits per heavy atom. The van der Waals surface area contributed by atoms with E-state index >= 15 is 0 Å². The van der Waals surface area contributed by atoms with Gasteiger partial charge in [-0.05, 0) is 84.6 Å². The Morgan fingerprint density at radius 1 is 0.522 bits per heavy atom. The molecule has 0 bridgehead atoms. The van der Waals surface area contributed by atoms with Gasteiger partial charge in [0.25, 0.3) is 0 Å². The first-order valence-corrected chi connectivity index (χ1v) is 23.6. The Kier molecular flexibility index (Phi) is 40.4. The number of hydrogen-bond donors (Lipinski definition) is 5. The van der Waals surface area contributed by atoms with Crippen molar-refractivity contribution in [2.24, 2.45) is 0 Å². The van der Waals surface area contributed by atoms with Crippen molar-refractivity contribution in [3.8, 4) is 0 Å². The summed E-state index contributed by atoms with van der Waals surface area (Å²) in [7, 11) is 0. The van der Waals surface area contributed by atoms with Crippen molar-refractivity contribution < 1.29 is 66.6 Å². The molecule has 5 amide bonds. The molecule has 1 atom stereocenters. The Morgan fingerprint density at radius 2 is 0.955 bits per heavy atom. The van der Waals surface area contributed by atoms with Crippen LogP contribution < -0.4 is 26.6 Å². The van der Waals surface area contributed by atoms with Crippen molar-refractivity contribution in [1.29, 1.82) is 0 Å². The molecule has 0 radical (unpaired) electrons. The molecule has 20 heteroatoms. The van der Waals surface area contributed by atoms with Gasteiger partial charge in [-0.25, -0.2) is 4.79 Å². The summed E-state index contributed by atoms with van der Waals surface area (Å²) < 4.78 is 49.1. The van der Waals surface area contributed by atoms with Gasteiger partial charge < -0.3 is 74.0 Å². The maximum atomic E-state index is 12.4. The van der Waals surface area contributed by atoms with Crippen LogP contribution in [0.3, 0.4) is 0 Å². The van der Waals surface area contributed by atoms with E-state index in [0.717, 1.165) is 32.1 Å². The molecule has 0 heterocycles. The minimum absolute atomic E-state index is 0. The van der Waals surface area contributed by atoms with Gasteiger partial charge in [0.05, 0.1) is 112 Å². The zero-order valence-corrected chi connectivity index (χ0v) is 43.0. The molecular formula is C47H82FmN5O14-. The van der Waals surface area contributed by atoms with Crippen LogP contribution in [0.2, 0.25) is 0 Å². The zero-order chi connectivity index (χ0) is 48.2. The Labute approximate surface area is 393 Å². The minimum Gasteiger partial charge on any atom is -0.520 e. The molecule has 5 N–H and O–H groups in total. The van der Waals surface area contributed by atoms with Crippen LogP contribution in [0.4, 0.5) is 4.79 Å². The van der Waals surface area contributed by atoms with Crippen LogP contribution in [0, 0.1) is 6.92 Å². The van der Waals surface area contributed by atoms with E-state index < -0.39 is 17.7 Å². The van der Waals surface area contributed by atoms with Gasteiger partial charge in [0, 0.05) is 39.0 Å². The molecule has 0 saturated carbocycles. The van der Waals surface area contributed by atoms with Crippen molar-refractivity contribution in [3.63, 3.8) is 0 Å². The number of rotatable bonds is 45. The third kappa shape index (κ3) is 42.2. The molecule has 0 spiro atoms. The number of unbranched alkanes of at least 4 members (excludes halogenated alkanes) is 3. The van der Waals surface area contributed by atoms with Gasteiger partial charge in [-0.3, -0.25) is 14.4 Å². The topological polar surface area (TPSA) is 229 Å². The molecule has 1 unspecified atom stereocenters. The molecule has 0 saturated heterocycles. The number of benzene rings is 1. The molecule has 392 valence electrons. The van der Waals surface area contributed by atoms with E-state index in [9.17, 15) is 24.0 Å². The zero-order valence-electron chi connectivity index (χ0n) is 40.6. The Balaban J connectivity index is 0.0000436. The van der Waals surface area contributed by atoms with Crippen LogP contribution in [-0.4, -0.2) is 174 Å². The van der Waals surface area contributed by atoms with E-state index in [2.05, 4.69) is 57.8 Å². The normalized spacial score (nSPS) is 11.6. The second-order valence-electron chi connectivity index (χ2n) is 16.3. The van der Waals surface area contributed by atoms with Crippen molar-refractivity contribution in [1.82, 2.24) is 26.6 Å². The van der Waals surface area contributed by atoms with Crippen LogP contribution in [0.1, 0.15) is 89.7 Å². The molecule has 1 aromatic carbocycles. The molecule has 67 heavy (non-hydrogen) atoms. The number of nitrogens with one attached hydrogen (secondary N) is 5. The van der Waals surface area contributed by atoms with Gasteiger partial charge >= 0.3 is 6.09 Å². The fraction of sp³-hybridized carbons (Fsp3) is 0.766. The summed E-state index contributed by atoms with van der Waals surface area (Å²) in [6.45, 7) is 16.0. The van der Waals surface area contributed by atoms with E-state index in [1.165, 1.54) is 11.1 Å². The number of alkyl carbamates (subject to hydrolysis) is 1. The second-order valence-corrected chi connectivity index (χ2v) is 16.3. The van der Waals surface area contributed by atoms with Crippen molar-refractivity contribution in [2.75, 3.05) is 132 Å². The number of amides is 5. The summed E-state index contributed by atoms with van der Waals surface area (Å²) in [6.07, 6.45) is 7.99. The van der Waals surface area contributed by atoms with Crippen LogP contribution in [0.25, 0.3) is 0 Å². The van der Waals surface area contributed by atoms with Crippen molar-refractivity contribution >= 4 is 30.2 Å². The molecule has 0 aliphatic rings. The van der Waals surface area contributed by atoms with Gasteiger partial charge in [-0.2, -0.15) is 6.41 Å². The summed E-state index contributed by atoms with van der Waals surface area (Å²) in [4.78, 5) is 59.0. The van der Waals surface area contributed by atoms with E-state index in [-0.39, 0.29) is 24.3 Å². The van der Waals surface area contributed by atoms with Crippen LogP contribution in [0.15, 0.2) is 24.3 Å². The van der Waals surface area contributed by atoms with E-state index in [4.69, 9.17) is 42.6 Å². The molecule has 0 fully saturated rings. The summed E-state index contributed by atoms with van der Waals surface area (Å²) in [5.74, 6) is -0.270. The van der Waals surface area contributed by atoms with Gasteiger partial charge in [-0.1, -0.05) is 29.8 Å². The molecule has 0 aromatic heterocycles. The predicted octanol–water partition coefficient (Wildman–Crippen LogP) is 3.08. The monoisotopic (exact) mass is 1200 g/mol. The van der Waals surface area contributed by atoms with Gasteiger partial charge in [-0.15, -0.1) is 0 Å². The molecule has 1 rings (SSSR count). The minimum atomic E-state index is -0.720. The fourth-order valence-electron chi connectivity index (χ4n) is 5.76. The van der Waals surface area contributed by atoms with Gasteiger partial charge in [0.15, 0.2) is 0 Å². The van der Waals surface area contributed by atoms with Crippen LogP contribution in [0.5, 0.6) is 0 Å². The van der Waals surface area contributed by atoms with Gasteiger partial charge in [0.1, 0.15) is 5.60 Å². The molecule has 19 nitrogen and oxygen atoms in total. The average Bonchev–Trinajstić information content (AvgIpc) is 3.27. The van der Waals surface area contributed by atoms with E-state index in [0.29, 0.717) is 157 Å². The summed E-state index contributed by atoms with van der Waals surface area (Å²) in [5, 5.41) is 13.7. The fourth-order valence-corrected chi connectivity index (χ4v) is 5.76. The Bertz CT molecular complexity index is 1380. The van der Waals surface area contributed by atoms with Crippen molar-refractivity contribution in [3.05, 3.63) is 35.4 Å². The first-order valence-electron chi connectivity index (χ1n) is 23.6. The number of carbonyl (C=O) groups is 4. The smallest absolute Gasteiger partial charge is 0.407 e. The average molecular weight is 1200 g/mol. The molecule has 1 aromatic rings. The third-order valence-corrected chi connectivity index (χ3v) is 9.25. The number of aryl methyl sites for hydroxylation is 2. The summed E-state index contributed by atoms with van der Waals surface area (Å²) in [5.41, 5.74) is 1.93.